The van der Waals surface area contributed by atoms with Gasteiger partial charge in [0.25, 0.3) is 0 Å². The van der Waals surface area contributed by atoms with Crippen molar-refractivity contribution >= 4 is 0 Å². The highest BCUT2D eigenvalue weighted by Crippen LogP contribution is 2.24. The normalized spacial score (nSPS) is 25.3. The summed E-state index contributed by atoms with van der Waals surface area (Å²) in [5, 5.41) is 22.5. The molecule has 1 aromatic carbocycles. The molecule has 0 heterocycles. The van der Waals surface area contributed by atoms with Gasteiger partial charge in [0.1, 0.15) is 5.82 Å². The molecule has 3 nitrogen and oxygen atoms in total. The fourth-order valence-corrected chi connectivity index (χ4v) is 2.49. The molecular formula is C14H20FNO2. The van der Waals surface area contributed by atoms with Gasteiger partial charge in [-0.3, -0.25) is 0 Å². The Hall–Kier alpha value is -0.970. The number of nitrogens with one attached hydrogen (secondary N) is 1. The van der Waals surface area contributed by atoms with Crippen LogP contribution in [0.2, 0.25) is 0 Å². The SMILES string of the molecule is OC1CCC(CNCC(O)c2cccc(F)c2)C1. The molecule has 0 bridgehead atoms. The molecule has 3 unspecified atom stereocenters. The first-order valence-electron chi connectivity index (χ1n) is 6.47. The van der Waals surface area contributed by atoms with Crippen LogP contribution >= 0.6 is 0 Å². The van der Waals surface area contributed by atoms with Gasteiger partial charge >= 0.3 is 0 Å². The van der Waals surface area contributed by atoms with Crippen molar-refractivity contribution in [1.82, 2.24) is 5.32 Å². The summed E-state index contributed by atoms with van der Waals surface area (Å²) in [4.78, 5) is 0. The molecule has 1 aliphatic rings. The molecule has 3 N–H and O–H groups in total. The zero-order chi connectivity index (χ0) is 13.0. The molecule has 1 saturated carbocycles. The molecule has 2 rings (SSSR count). The van der Waals surface area contributed by atoms with E-state index in [2.05, 4.69) is 5.32 Å². The van der Waals surface area contributed by atoms with Gasteiger partial charge in [-0.2, -0.15) is 0 Å². The summed E-state index contributed by atoms with van der Waals surface area (Å²) in [6, 6.07) is 6.03. The van der Waals surface area contributed by atoms with Gasteiger partial charge in [0.15, 0.2) is 0 Å². The minimum absolute atomic E-state index is 0.162. The number of hydrogen-bond acceptors (Lipinski definition) is 3. The second-order valence-corrected chi connectivity index (χ2v) is 5.06. The molecule has 0 spiro atoms. The summed E-state index contributed by atoms with van der Waals surface area (Å²) in [5.41, 5.74) is 0.592. The summed E-state index contributed by atoms with van der Waals surface area (Å²) >= 11 is 0. The molecule has 0 aromatic heterocycles. The van der Waals surface area contributed by atoms with Crippen LogP contribution < -0.4 is 5.32 Å². The molecule has 0 radical (unpaired) electrons. The van der Waals surface area contributed by atoms with Crippen molar-refractivity contribution in [2.75, 3.05) is 13.1 Å². The maximum Gasteiger partial charge on any atom is 0.123 e. The highest BCUT2D eigenvalue weighted by atomic mass is 19.1. The second-order valence-electron chi connectivity index (χ2n) is 5.06. The van der Waals surface area contributed by atoms with Crippen molar-refractivity contribution in [2.24, 2.45) is 5.92 Å². The van der Waals surface area contributed by atoms with Gasteiger partial charge < -0.3 is 15.5 Å². The first kappa shape index (κ1) is 13.5. The van der Waals surface area contributed by atoms with Crippen LogP contribution in [-0.2, 0) is 0 Å². The zero-order valence-electron chi connectivity index (χ0n) is 10.3. The average molecular weight is 253 g/mol. The molecule has 3 atom stereocenters. The fraction of sp³-hybridized carbons (Fsp3) is 0.571. The van der Waals surface area contributed by atoms with Crippen LogP contribution in [-0.4, -0.2) is 29.4 Å². The van der Waals surface area contributed by atoms with Gasteiger partial charge in [-0.25, -0.2) is 4.39 Å². The Labute approximate surface area is 107 Å². The van der Waals surface area contributed by atoms with Gasteiger partial charge in [0, 0.05) is 6.54 Å². The highest BCUT2D eigenvalue weighted by Gasteiger charge is 2.22. The van der Waals surface area contributed by atoms with E-state index >= 15 is 0 Å². The first-order valence-corrected chi connectivity index (χ1v) is 6.47. The minimum Gasteiger partial charge on any atom is -0.393 e. The Morgan fingerprint density at radius 3 is 2.89 bits per heavy atom. The van der Waals surface area contributed by atoms with E-state index in [9.17, 15) is 14.6 Å². The number of hydrogen-bond donors (Lipinski definition) is 3. The molecule has 0 aliphatic heterocycles. The maximum atomic E-state index is 13.0. The zero-order valence-corrected chi connectivity index (χ0v) is 10.3. The predicted molar refractivity (Wildman–Crippen MR) is 67.6 cm³/mol. The van der Waals surface area contributed by atoms with E-state index in [4.69, 9.17) is 0 Å². The van der Waals surface area contributed by atoms with Crippen LogP contribution in [0.15, 0.2) is 24.3 Å². The summed E-state index contributed by atoms with van der Waals surface area (Å²) in [5.74, 6) is 0.158. The summed E-state index contributed by atoms with van der Waals surface area (Å²) in [6.45, 7) is 1.21. The van der Waals surface area contributed by atoms with Crippen molar-refractivity contribution in [3.8, 4) is 0 Å². The Balaban J connectivity index is 1.73. The van der Waals surface area contributed by atoms with Crippen LogP contribution in [0.3, 0.4) is 0 Å². The smallest absolute Gasteiger partial charge is 0.123 e. The molecule has 1 fully saturated rings. The van der Waals surface area contributed by atoms with Crippen LogP contribution in [0.1, 0.15) is 30.9 Å². The van der Waals surface area contributed by atoms with Crippen molar-refractivity contribution in [2.45, 2.75) is 31.5 Å². The van der Waals surface area contributed by atoms with Gasteiger partial charge in [-0.1, -0.05) is 12.1 Å². The largest absolute Gasteiger partial charge is 0.393 e. The monoisotopic (exact) mass is 253 g/mol. The number of aliphatic hydroxyl groups is 2. The van der Waals surface area contributed by atoms with Crippen molar-refractivity contribution < 1.29 is 14.6 Å². The summed E-state index contributed by atoms with van der Waals surface area (Å²) in [6.07, 6.45) is 1.89. The van der Waals surface area contributed by atoms with Crippen LogP contribution in [0, 0.1) is 11.7 Å². The van der Waals surface area contributed by atoms with Crippen molar-refractivity contribution in [3.63, 3.8) is 0 Å². The summed E-state index contributed by atoms with van der Waals surface area (Å²) < 4.78 is 13.0. The van der Waals surface area contributed by atoms with Crippen molar-refractivity contribution in [1.29, 1.82) is 0 Å². The standard InChI is InChI=1S/C14H20FNO2/c15-12-3-1-2-11(7-12)14(18)9-16-8-10-4-5-13(17)6-10/h1-3,7,10,13-14,16-18H,4-6,8-9H2. The fourth-order valence-electron chi connectivity index (χ4n) is 2.49. The van der Waals surface area contributed by atoms with E-state index in [0.717, 1.165) is 25.8 Å². The third-order valence-electron chi connectivity index (χ3n) is 3.52. The molecule has 4 heteroatoms. The number of rotatable bonds is 5. The van der Waals surface area contributed by atoms with E-state index in [1.165, 1.54) is 12.1 Å². The number of aliphatic hydroxyl groups excluding tert-OH is 2. The lowest BCUT2D eigenvalue weighted by atomic mass is 10.1. The highest BCUT2D eigenvalue weighted by molar-refractivity contribution is 5.18. The van der Waals surface area contributed by atoms with Crippen LogP contribution in [0.25, 0.3) is 0 Å². The molecule has 18 heavy (non-hydrogen) atoms. The Morgan fingerprint density at radius 1 is 1.39 bits per heavy atom. The van der Waals surface area contributed by atoms with Gasteiger partial charge in [0.05, 0.1) is 12.2 Å². The molecule has 1 aliphatic carbocycles. The van der Waals surface area contributed by atoms with E-state index in [0.29, 0.717) is 18.0 Å². The van der Waals surface area contributed by atoms with E-state index < -0.39 is 6.10 Å². The van der Waals surface area contributed by atoms with Crippen LogP contribution in [0.5, 0.6) is 0 Å². The Morgan fingerprint density at radius 2 is 2.22 bits per heavy atom. The third kappa shape index (κ3) is 3.77. The topological polar surface area (TPSA) is 52.5 Å². The van der Waals surface area contributed by atoms with Crippen LogP contribution in [0.4, 0.5) is 4.39 Å². The lowest BCUT2D eigenvalue weighted by molar-refractivity contribution is 0.167. The molecule has 1 aromatic rings. The average Bonchev–Trinajstić information content (AvgIpc) is 2.75. The lowest BCUT2D eigenvalue weighted by Gasteiger charge is -2.15. The summed E-state index contributed by atoms with van der Waals surface area (Å²) in [7, 11) is 0. The second kappa shape index (κ2) is 6.27. The third-order valence-corrected chi connectivity index (χ3v) is 3.52. The van der Waals surface area contributed by atoms with Gasteiger partial charge in [-0.15, -0.1) is 0 Å². The number of benzene rings is 1. The van der Waals surface area contributed by atoms with Crippen molar-refractivity contribution in [3.05, 3.63) is 35.6 Å². The van der Waals surface area contributed by atoms with E-state index in [1.807, 2.05) is 0 Å². The minimum atomic E-state index is -0.688. The van der Waals surface area contributed by atoms with E-state index in [1.54, 1.807) is 12.1 Å². The predicted octanol–water partition coefficient (Wildman–Crippen LogP) is 1.61. The van der Waals surface area contributed by atoms with Gasteiger partial charge in [0.2, 0.25) is 0 Å². The Bertz CT molecular complexity index is 386. The molecule has 0 amide bonds. The molecular weight excluding hydrogens is 233 g/mol. The number of halogens is 1. The van der Waals surface area contributed by atoms with E-state index in [-0.39, 0.29) is 11.9 Å². The Kier molecular flexibility index (Phi) is 4.69. The first-order chi connectivity index (χ1) is 8.65. The lowest BCUT2D eigenvalue weighted by Crippen LogP contribution is -2.26. The maximum absolute atomic E-state index is 13.0. The van der Waals surface area contributed by atoms with Gasteiger partial charge in [-0.05, 0) is 49.4 Å². The quantitative estimate of drug-likeness (QED) is 0.747. The molecule has 100 valence electrons. The molecule has 0 saturated heterocycles.